The van der Waals surface area contributed by atoms with Crippen LogP contribution in [0.15, 0.2) is 21.9 Å². The number of anilines is 1. The van der Waals surface area contributed by atoms with Crippen LogP contribution in [0.5, 0.6) is 0 Å². The lowest BCUT2D eigenvalue weighted by Gasteiger charge is -2.33. The average molecular weight is 422 g/mol. The van der Waals surface area contributed by atoms with E-state index in [1.165, 1.54) is 4.57 Å². The maximum atomic E-state index is 13.5. The van der Waals surface area contributed by atoms with Crippen LogP contribution in [0.4, 0.5) is 5.82 Å². The van der Waals surface area contributed by atoms with E-state index in [0.717, 1.165) is 29.6 Å². The molecule has 0 radical (unpaired) electrons. The Bertz CT molecular complexity index is 1310. The molecule has 1 fully saturated rings. The van der Waals surface area contributed by atoms with E-state index in [-0.39, 0.29) is 12.6 Å². The summed E-state index contributed by atoms with van der Waals surface area (Å²) in [5.41, 5.74) is 7.00. The van der Waals surface area contributed by atoms with Gasteiger partial charge in [0.15, 0.2) is 0 Å². The Labute approximate surface area is 179 Å². The molecule has 3 aromatic heterocycles. The molecule has 4 heterocycles. The summed E-state index contributed by atoms with van der Waals surface area (Å²) in [5.74, 6) is 1.04. The van der Waals surface area contributed by atoms with Gasteiger partial charge in [-0.3, -0.25) is 13.9 Å². The van der Waals surface area contributed by atoms with Crippen molar-refractivity contribution in [2.45, 2.75) is 45.8 Å². The van der Waals surface area contributed by atoms with E-state index >= 15 is 0 Å². The monoisotopic (exact) mass is 422 g/mol. The van der Waals surface area contributed by atoms with E-state index in [9.17, 15) is 14.9 Å². The van der Waals surface area contributed by atoms with Gasteiger partial charge in [-0.05, 0) is 32.8 Å². The molecular formula is C21H26N8O2. The van der Waals surface area contributed by atoms with Crippen LogP contribution in [0.1, 0.15) is 36.8 Å². The fourth-order valence-electron chi connectivity index (χ4n) is 4.43. The molecule has 2 N–H and O–H groups in total. The molecule has 10 nitrogen and oxygen atoms in total. The SMILES string of the molecule is CCn1c(N2CCC[C@@H](N)C2)c(C#N)c2c1c(=O)n(Cc1nccc(C)n1)c(=O)n2C. The minimum Gasteiger partial charge on any atom is -0.355 e. The first-order valence-electron chi connectivity index (χ1n) is 10.4. The van der Waals surface area contributed by atoms with Crippen molar-refractivity contribution in [2.24, 2.45) is 12.8 Å². The van der Waals surface area contributed by atoms with Crippen molar-refractivity contribution >= 4 is 16.9 Å². The van der Waals surface area contributed by atoms with Crippen LogP contribution in [-0.2, 0) is 20.1 Å². The Morgan fingerprint density at radius 3 is 2.71 bits per heavy atom. The average Bonchev–Trinajstić information content (AvgIpc) is 3.10. The predicted molar refractivity (Wildman–Crippen MR) is 117 cm³/mol. The molecule has 1 atom stereocenters. The predicted octanol–water partition coefficient (Wildman–Crippen LogP) is 0.468. The molecule has 4 rings (SSSR count). The Balaban J connectivity index is 2.00. The second-order valence-corrected chi connectivity index (χ2v) is 7.95. The van der Waals surface area contributed by atoms with Gasteiger partial charge in [0.05, 0.1) is 12.1 Å². The molecule has 3 aromatic rings. The third-order valence-corrected chi connectivity index (χ3v) is 5.84. The molecule has 162 valence electrons. The Hall–Kier alpha value is -3.45. The Morgan fingerprint density at radius 1 is 1.29 bits per heavy atom. The van der Waals surface area contributed by atoms with Crippen LogP contribution in [-0.4, -0.2) is 42.8 Å². The summed E-state index contributed by atoms with van der Waals surface area (Å²) in [6, 6.07) is 4.00. The number of rotatable bonds is 4. The van der Waals surface area contributed by atoms with Gasteiger partial charge in [0.1, 0.15) is 28.8 Å². The highest BCUT2D eigenvalue weighted by atomic mass is 16.2. The molecule has 10 heteroatoms. The highest BCUT2D eigenvalue weighted by molar-refractivity contribution is 5.89. The maximum absolute atomic E-state index is 13.5. The molecule has 1 aliphatic heterocycles. The van der Waals surface area contributed by atoms with Crippen molar-refractivity contribution in [3.63, 3.8) is 0 Å². The lowest BCUT2D eigenvalue weighted by atomic mass is 10.1. The first-order valence-corrected chi connectivity index (χ1v) is 10.4. The van der Waals surface area contributed by atoms with E-state index in [4.69, 9.17) is 5.73 Å². The minimum absolute atomic E-state index is 0.00237. The van der Waals surface area contributed by atoms with Crippen LogP contribution < -0.4 is 21.9 Å². The normalized spacial score (nSPS) is 16.6. The third-order valence-electron chi connectivity index (χ3n) is 5.84. The zero-order valence-corrected chi connectivity index (χ0v) is 18.0. The number of nitrogens with two attached hydrogens (primary N) is 1. The third kappa shape index (κ3) is 3.41. The number of aryl methyl sites for hydroxylation is 3. The van der Waals surface area contributed by atoms with Crippen LogP contribution in [0.3, 0.4) is 0 Å². The summed E-state index contributed by atoms with van der Waals surface area (Å²) in [4.78, 5) is 37.2. The summed E-state index contributed by atoms with van der Waals surface area (Å²) in [6.45, 7) is 5.54. The lowest BCUT2D eigenvalue weighted by Crippen LogP contribution is -2.44. The molecule has 31 heavy (non-hydrogen) atoms. The maximum Gasteiger partial charge on any atom is 0.331 e. The van der Waals surface area contributed by atoms with Crippen molar-refractivity contribution in [1.29, 1.82) is 5.26 Å². The fourth-order valence-corrected chi connectivity index (χ4v) is 4.43. The van der Waals surface area contributed by atoms with Gasteiger partial charge in [-0.15, -0.1) is 0 Å². The zero-order valence-electron chi connectivity index (χ0n) is 18.0. The number of nitrogens with zero attached hydrogens (tertiary/aromatic N) is 7. The number of aromatic nitrogens is 5. The van der Waals surface area contributed by atoms with E-state index in [1.807, 2.05) is 18.4 Å². The summed E-state index contributed by atoms with van der Waals surface area (Å²) < 4.78 is 4.35. The fraction of sp³-hybridized carbons (Fsp3) is 0.476. The lowest BCUT2D eigenvalue weighted by molar-refractivity contribution is 0.498. The summed E-state index contributed by atoms with van der Waals surface area (Å²) in [5, 5.41) is 10.00. The van der Waals surface area contributed by atoms with Crippen molar-refractivity contribution in [1.82, 2.24) is 23.7 Å². The number of piperidine rings is 1. The molecule has 1 aliphatic rings. The van der Waals surface area contributed by atoms with E-state index < -0.39 is 11.2 Å². The van der Waals surface area contributed by atoms with E-state index in [1.54, 1.807) is 19.3 Å². The highest BCUT2D eigenvalue weighted by Crippen LogP contribution is 2.31. The Kier molecular flexibility index (Phi) is 5.37. The van der Waals surface area contributed by atoms with Crippen molar-refractivity contribution in [3.05, 3.63) is 50.2 Å². The molecule has 1 saturated heterocycles. The molecule has 0 saturated carbocycles. The van der Waals surface area contributed by atoms with Crippen LogP contribution in [0, 0.1) is 18.3 Å². The van der Waals surface area contributed by atoms with Gasteiger partial charge in [0.2, 0.25) is 0 Å². The van der Waals surface area contributed by atoms with Gasteiger partial charge in [0.25, 0.3) is 5.56 Å². The van der Waals surface area contributed by atoms with E-state index in [0.29, 0.717) is 41.3 Å². The van der Waals surface area contributed by atoms with Gasteiger partial charge in [0, 0.05) is 44.6 Å². The zero-order chi connectivity index (χ0) is 22.3. The summed E-state index contributed by atoms with van der Waals surface area (Å²) in [6.07, 6.45) is 3.43. The minimum atomic E-state index is -0.505. The Morgan fingerprint density at radius 2 is 2.06 bits per heavy atom. The highest BCUT2D eigenvalue weighted by Gasteiger charge is 2.29. The topological polar surface area (TPSA) is 128 Å². The van der Waals surface area contributed by atoms with Gasteiger partial charge in [-0.1, -0.05) is 0 Å². The largest absolute Gasteiger partial charge is 0.355 e. The first kappa shape index (κ1) is 20.8. The molecule has 0 aliphatic carbocycles. The quantitative estimate of drug-likeness (QED) is 0.647. The molecule has 0 unspecified atom stereocenters. The van der Waals surface area contributed by atoms with Gasteiger partial charge in [-0.2, -0.15) is 5.26 Å². The second-order valence-electron chi connectivity index (χ2n) is 7.95. The van der Waals surface area contributed by atoms with E-state index in [2.05, 4.69) is 20.9 Å². The summed E-state index contributed by atoms with van der Waals surface area (Å²) >= 11 is 0. The molecule has 0 aromatic carbocycles. The van der Waals surface area contributed by atoms with Crippen molar-refractivity contribution < 1.29 is 0 Å². The molecule has 0 bridgehead atoms. The van der Waals surface area contributed by atoms with Gasteiger partial charge >= 0.3 is 5.69 Å². The molecule has 0 amide bonds. The van der Waals surface area contributed by atoms with Gasteiger partial charge < -0.3 is 15.2 Å². The van der Waals surface area contributed by atoms with Crippen molar-refractivity contribution in [3.8, 4) is 6.07 Å². The van der Waals surface area contributed by atoms with Crippen LogP contribution in [0.2, 0.25) is 0 Å². The number of hydrogen-bond acceptors (Lipinski definition) is 7. The first-order chi connectivity index (χ1) is 14.9. The molecular weight excluding hydrogens is 396 g/mol. The number of nitriles is 1. The molecule has 0 spiro atoms. The van der Waals surface area contributed by atoms with Gasteiger partial charge in [-0.25, -0.2) is 14.8 Å². The standard InChI is InChI=1S/C21H26N8O2/c1-4-28-18-17(15(10-22)19(28)27-9-5-6-14(23)11-27)26(3)21(31)29(20(18)30)12-16-24-8-7-13(2)25-16/h7-8,14H,4-6,9,11-12,23H2,1-3H3/t14-/m1/s1. The smallest absolute Gasteiger partial charge is 0.331 e. The van der Waals surface area contributed by atoms with Crippen LogP contribution >= 0.6 is 0 Å². The number of fused-ring (bicyclic) bond motifs is 1. The number of hydrogen-bond donors (Lipinski definition) is 1. The second kappa shape index (κ2) is 8.00. The van der Waals surface area contributed by atoms with Crippen LogP contribution in [0.25, 0.3) is 11.0 Å². The van der Waals surface area contributed by atoms with Crippen molar-refractivity contribution in [2.75, 3.05) is 18.0 Å². The summed E-state index contributed by atoms with van der Waals surface area (Å²) in [7, 11) is 1.59.